The van der Waals surface area contributed by atoms with Crippen LogP contribution in [0.15, 0.2) is 29.3 Å². The first-order valence-corrected chi connectivity index (χ1v) is 9.07. The summed E-state index contributed by atoms with van der Waals surface area (Å²) in [7, 11) is 1.69. The van der Waals surface area contributed by atoms with Crippen molar-refractivity contribution in [3.05, 3.63) is 35.6 Å². The Kier molecular flexibility index (Phi) is 11.8. The second-order valence-electron chi connectivity index (χ2n) is 6.28. The normalized spacial score (nSPS) is 17.3. The van der Waals surface area contributed by atoms with Crippen LogP contribution in [0.4, 0.5) is 4.39 Å². The third-order valence-corrected chi connectivity index (χ3v) is 4.28. The molecule has 1 aliphatic heterocycles. The van der Waals surface area contributed by atoms with E-state index in [1.165, 1.54) is 12.1 Å². The van der Waals surface area contributed by atoms with Crippen molar-refractivity contribution in [3.8, 4) is 0 Å². The number of likely N-dealkylation sites (tertiary alicyclic amines) is 1. The number of nitrogens with one attached hydrogen (secondary N) is 1. The van der Waals surface area contributed by atoms with Crippen LogP contribution in [0.3, 0.4) is 0 Å². The minimum absolute atomic E-state index is 0. The van der Waals surface area contributed by atoms with Gasteiger partial charge in [0.1, 0.15) is 5.82 Å². The zero-order valence-electron chi connectivity index (χ0n) is 15.7. The molecule has 1 aromatic rings. The van der Waals surface area contributed by atoms with Crippen LogP contribution in [0.2, 0.25) is 0 Å². The molecule has 7 heteroatoms. The number of ether oxygens (including phenoxy) is 2. The molecule has 2 rings (SSSR count). The number of nitrogens with zero attached hydrogens (tertiary/aromatic N) is 2. The fourth-order valence-electron chi connectivity index (χ4n) is 2.92. The number of benzene rings is 1. The van der Waals surface area contributed by atoms with Gasteiger partial charge in [-0.3, -0.25) is 4.99 Å². The monoisotopic (exact) mass is 479 g/mol. The van der Waals surface area contributed by atoms with E-state index in [9.17, 15) is 4.39 Å². The van der Waals surface area contributed by atoms with Crippen LogP contribution in [0.1, 0.15) is 18.9 Å². The fraction of sp³-hybridized carbons (Fsp3) is 0.632. The molecular formula is C19H31FIN3O2. The molecule has 0 spiro atoms. The number of aliphatic imine (C=N–C) groups is 1. The summed E-state index contributed by atoms with van der Waals surface area (Å²) in [6, 6.07) is 6.64. The van der Waals surface area contributed by atoms with Crippen molar-refractivity contribution in [1.29, 1.82) is 0 Å². The molecule has 1 fully saturated rings. The summed E-state index contributed by atoms with van der Waals surface area (Å²) < 4.78 is 23.6. The molecule has 26 heavy (non-hydrogen) atoms. The molecule has 0 amide bonds. The second kappa shape index (κ2) is 13.3. The Balaban J connectivity index is 0.00000338. The van der Waals surface area contributed by atoms with Crippen LogP contribution in [0.25, 0.3) is 0 Å². The van der Waals surface area contributed by atoms with Crippen LogP contribution in [-0.4, -0.2) is 64.0 Å². The largest absolute Gasteiger partial charge is 0.382 e. The number of hydrogen-bond donors (Lipinski definition) is 1. The van der Waals surface area contributed by atoms with Crippen LogP contribution in [-0.2, 0) is 15.9 Å². The van der Waals surface area contributed by atoms with Crippen molar-refractivity contribution in [2.75, 3.05) is 53.1 Å². The molecule has 1 N–H and O–H groups in total. The van der Waals surface area contributed by atoms with Gasteiger partial charge in [-0.25, -0.2) is 4.39 Å². The van der Waals surface area contributed by atoms with Crippen molar-refractivity contribution < 1.29 is 13.9 Å². The number of hydrogen-bond acceptors (Lipinski definition) is 3. The van der Waals surface area contributed by atoms with Crippen molar-refractivity contribution in [2.45, 2.75) is 19.8 Å². The first-order valence-electron chi connectivity index (χ1n) is 9.07. The molecule has 1 atom stereocenters. The highest BCUT2D eigenvalue weighted by Gasteiger charge is 2.24. The quantitative estimate of drug-likeness (QED) is 0.256. The lowest BCUT2D eigenvalue weighted by molar-refractivity contribution is 0.0536. The molecule has 0 saturated carbocycles. The highest BCUT2D eigenvalue weighted by atomic mass is 127. The third kappa shape index (κ3) is 8.18. The zero-order chi connectivity index (χ0) is 17.9. The first kappa shape index (κ1) is 23.1. The lowest BCUT2D eigenvalue weighted by Gasteiger charge is -2.21. The Bertz CT molecular complexity index is 528. The average Bonchev–Trinajstić information content (AvgIpc) is 3.08. The van der Waals surface area contributed by atoms with Gasteiger partial charge in [-0.2, -0.15) is 0 Å². The standard InChI is InChI=1S/C19H30FN3O2.HI/c1-3-21-19(22-10-8-16-4-6-18(20)7-5-16)23-11-9-17(14-23)15-25-13-12-24-2;/h4-7,17H,3,8-15H2,1-2H3,(H,21,22);1H. The molecule has 0 aliphatic carbocycles. The molecule has 148 valence electrons. The number of halogens is 2. The third-order valence-electron chi connectivity index (χ3n) is 4.28. The summed E-state index contributed by atoms with van der Waals surface area (Å²) in [5, 5.41) is 3.37. The minimum Gasteiger partial charge on any atom is -0.382 e. The molecule has 5 nitrogen and oxygen atoms in total. The van der Waals surface area contributed by atoms with Gasteiger partial charge in [-0.15, -0.1) is 24.0 Å². The van der Waals surface area contributed by atoms with E-state index in [4.69, 9.17) is 14.5 Å². The van der Waals surface area contributed by atoms with Crippen LogP contribution >= 0.6 is 24.0 Å². The topological polar surface area (TPSA) is 46.1 Å². The van der Waals surface area contributed by atoms with Gasteiger partial charge in [0.25, 0.3) is 0 Å². The summed E-state index contributed by atoms with van der Waals surface area (Å²) in [5.74, 6) is 1.30. The van der Waals surface area contributed by atoms with Crippen LogP contribution < -0.4 is 5.32 Å². The molecule has 0 radical (unpaired) electrons. The van der Waals surface area contributed by atoms with Gasteiger partial charge in [-0.05, 0) is 37.5 Å². The first-order chi connectivity index (χ1) is 12.2. The van der Waals surface area contributed by atoms with E-state index in [0.717, 1.165) is 50.6 Å². The second-order valence-corrected chi connectivity index (χ2v) is 6.28. The average molecular weight is 479 g/mol. The highest BCUT2D eigenvalue weighted by Crippen LogP contribution is 2.16. The molecule has 1 aliphatic rings. The smallest absolute Gasteiger partial charge is 0.193 e. The number of rotatable bonds is 9. The molecule has 1 unspecified atom stereocenters. The predicted octanol–water partition coefficient (Wildman–Crippen LogP) is 2.94. The summed E-state index contributed by atoms with van der Waals surface area (Å²) in [6.45, 7) is 7.66. The zero-order valence-corrected chi connectivity index (χ0v) is 18.1. The van der Waals surface area contributed by atoms with E-state index in [0.29, 0.717) is 25.7 Å². The summed E-state index contributed by atoms with van der Waals surface area (Å²) in [5.41, 5.74) is 1.10. The maximum absolute atomic E-state index is 12.9. The summed E-state index contributed by atoms with van der Waals surface area (Å²) in [4.78, 5) is 7.04. The van der Waals surface area contributed by atoms with E-state index >= 15 is 0 Å². The van der Waals surface area contributed by atoms with Crippen LogP contribution in [0, 0.1) is 11.7 Å². The van der Waals surface area contributed by atoms with Gasteiger partial charge in [0.2, 0.25) is 0 Å². The summed E-state index contributed by atoms with van der Waals surface area (Å²) >= 11 is 0. The number of methoxy groups -OCH3 is 1. The SMILES string of the molecule is CCNC(=NCCc1ccc(F)cc1)N1CCC(COCCOC)C1.I. The fourth-order valence-corrected chi connectivity index (χ4v) is 2.92. The molecule has 0 aromatic heterocycles. The molecule has 1 aromatic carbocycles. The molecule has 1 heterocycles. The van der Waals surface area contributed by atoms with E-state index in [-0.39, 0.29) is 29.8 Å². The maximum Gasteiger partial charge on any atom is 0.193 e. The lowest BCUT2D eigenvalue weighted by Crippen LogP contribution is -2.40. The van der Waals surface area contributed by atoms with E-state index in [1.807, 2.05) is 12.1 Å². The van der Waals surface area contributed by atoms with Gasteiger partial charge in [0.15, 0.2) is 5.96 Å². The van der Waals surface area contributed by atoms with Crippen molar-refractivity contribution in [2.24, 2.45) is 10.9 Å². The minimum atomic E-state index is -0.198. The van der Waals surface area contributed by atoms with Crippen molar-refractivity contribution in [3.63, 3.8) is 0 Å². The van der Waals surface area contributed by atoms with Gasteiger partial charge in [0.05, 0.1) is 19.8 Å². The van der Waals surface area contributed by atoms with Gasteiger partial charge in [-0.1, -0.05) is 12.1 Å². The van der Waals surface area contributed by atoms with E-state index < -0.39 is 0 Å². The van der Waals surface area contributed by atoms with E-state index in [1.54, 1.807) is 7.11 Å². The van der Waals surface area contributed by atoms with E-state index in [2.05, 4.69) is 17.1 Å². The predicted molar refractivity (Wildman–Crippen MR) is 114 cm³/mol. The van der Waals surface area contributed by atoms with Gasteiger partial charge >= 0.3 is 0 Å². The number of guanidine groups is 1. The highest BCUT2D eigenvalue weighted by molar-refractivity contribution is 14.0. The maximum atomic E-state index is 12.9. The Morgan fingerprint density at radius 3 is 2.77 bits per heavy atom. The van der Waals surface area contributed by atoms with Crippen molar-refractivity contribution in [1.82, 2.24) is 10.2 Å². The van der Waals surface area contributed by atoms with Crippen molar-refractivity contribution >= 4 is 29.9 Å². The lowest BCUT2D eigenvalue weighted by atomic mass is 10.1. The Hall–Kier alpha value is -0.930. The Labute approximate surface area is 173 Å². The Morgan fingerprint density at radius 1 is 1.31 bits per heavy atom. The molecular weight excluding hydrogens is 448 g/mol. The van der Waals surface area contributed by atoms with Gasteiger partial charge in [0, 0.05) is 39.2 Å². The molecule has 0 bridgehead atoms. The Morgan fingerprint density at radius 2 is 2.08 bits per heavy atom. The van der Waals surface area contributed by atoms with Crippen LogP contribution in [0.5, 0.6) is 0 Å². The summed E-state index contributed by atoms with van der Waals surface area (Å²) in [6.07, 6.45) is 1.93. The van der Waals surface area contributed by atoms with Gasteiger partial charge < -0.3 is 19.7 Å². The molecule has 1 saturated heterocycles.